The molecule has 0 bridgehead atoms. The highest BCUT2D eigenvalue weighted by Crippen LogP contribution is 2.24. The summed E-state index contributed by atoms with van der Waals surface area (Å²) in [4.78, 5) is 24.9. The molecule has 130 valence electrons. The van der Waals surface area contributed by atoms with Gasteiger partial charge < -0.3 is 5.32 Å². The minimum absolute atomic E-state index is 0.0542. The number of ketones is 1. The van der Waals surface area contributed by atoms with Crippen molar-refractivity contribution in [2.45, 2.75) is 59.0 Å². The lowest BCUT2D eigenvalue weighted by Gasteiger charge is -2.29. The summed E-state index contributed by atoms with van der Waals surface area (Å²) in [6, 6.07) is 1.91. The summed E-state index contributed by atoms with van der Waals surface area (Å²) in [5, 5.41) is 16.4. The number of carbonyl (C=O) groups excluding carboxylic acids is 2. The fraction of sp³-hybridized carbons (Fsp3) is 0.667. The van der Waals surface area contributed by atoms with Crippen LogP contribution in [0.5, 0.6) is 0 Å². The molecule has 0 aromatic carbocycles. The van der Waals surface area contributed by atoms with Gasteiger partial charge in [0.25, 0.3) is 0 Å². The van der Waals surface area contributed by atoms with E-state index in [1.165, 1.54) is 12.6 Å². The van der Waals surface area contributed by atoms with Crippen molar-refractivity contribution >= 4 is 11.7 Å². The number of nitriles is 1. The van der Waals surface area contributed by atoms with E-state index < -0.39 is 17.6 Å². The van der Waals surface area contributed by atoms with E-state index in [4.69, 9.17) is 0 Å². The van der Waals surface area contributed by atoms with Crippen molar-refractivity contribution in [1.82, 2.24) is 15.1 Å². The first-order chi connectivity index (χ1) is 11.4. The van der Waals surface area contributed by atoms with E-state index >= 15 is 0 Å². The maximum absolute atomic E-state index is 12.5. The first-order valence-electron chi connectivity index (χ1n) is 8.69. The van der Waals surface area contributed by atoms with Gasteiger partial charge in [-0.15, -0.1) is 0 Å². The van der Waals surface area contributed by atoms with E-state index in [2.05, 4.69) is 31.2 Å². The normalized spacial score (nSPS) is 22.0. The van der Waals surface area contributed by atoms with Gasteiger partial charge in [-0.3, -0.25) is 14.3 Å². The minimum atomic E-state index is -1.31. The fourth-order valence-electron chi connectivity index (χ4n) is 3.16. The molecule has 1 aromatic heterocycles. The van der Waals surface area contributed by atoms with Gasteiger partial charge in [-0.25, -0.2) is 0 Å². The van der Waals surface area contributed by atoms with E-state index in [1.807, 2.05) is 6.07 Å². The maximum atomic E-state index is 12.5. The fourth-order valence-corrected chi connectivity index (χ4v) is 3.16. The number of hydrogen-bond acceptors (Lipinski definition) is 4. The average molecular weight is 330 g/mol. The number of amides is 1. The van der Waals surface area contributed by atoms with Crippen LogP contribution >= 0.6 is 0 Å². The van der Waals surface area contributed by atoms with Crippen molar-refractivity contribution in [1.29, 1.82) is 5.26 Å². The topological polar surface area (TPSA) is 87.8 Å². The Hall–Kier alpha value is -2.16. The average Bonchev–Trinajstić information content (AvgIpc) is 2.98. The first kappa shape index (κ1) is 18.2. The van der Waals surface area contributed by atoms with Crippen LogP contribution < -0.4 is 5.32 Å². The summed E-state index contributed by atoms with van der Waals surface area (Å²) in [5.41, 5.74) is 0.314. The molecule has 3 atom stereocenters. The molecule has 2 rings (SSSR count). The van der Waals surface area contributed by atoms with E-state index in [9.17, 15) is 14.9 Å². The molecule has 0 spiro atoms. The summed E-state index contributed by atoms with van der Waals surface area (Å²) in [7, 11) is 0. The van der Waals surface area contributed by atoms with Crippen molar-refractivity contribution in [3.63, 3.8) is 0 Å². The van der Waals surface area contributed by atoms with E-state index in [-0.39, 0.29) is 6.04 Å². The second-order valence-electron chi connectivity index (χ2n) is 7.15. The third kappa shape index (κ3) is 4.44. The number of rotatable bonds is 6. The van der Waals surface area contributed by atoms with E-state index in [1.54, 1.807) is 10.9 Å². The van der Waals surface area contributed by atoms with Gasteiger partial charge in [0, 0.05) is 18.8 Å². The second kappa shape index (κ2) is 8.09. The zero-order valence-electron chi connectivity index (χ0n) is 14.7. The highest BCUT2D eigenvalue weighted by Gasteiger charge is 2.32. The Kier molecular flexibility index (Phi) is 6.13. The van der Waals surface area contributed by atoms with Crippen LogP contribution in [0.3, 0.4) is 0 Å². The molecule has 1 saturated carbocycles. The monoisotopic (exact) mass is 330 g/mol. The molecule has 0 aliphatic heterocycles. The molecule has 1 aromatic rings. The molecule has 24 heavy (non-hydrogen) atoms. The lowest BCUT2D eigenvalue weighted by Crippen LogP contribution is -2.45. The minimum Gasteiger partial charge on any atom is -0.352 e. The molecule has 1 N–H and O–H groups in total. The summed E-state index contributed by atoms with van der Waals surface area (Å²) in [5.74, 6) is -1.50. The Balaban J connectivity index is 2.04. The van der Waals surface area contributed by atoms with Crippen molar-refractivity contribution in [2.75, 3.05) is 0 Å². The zero-order valence-corrected chi connectivity index (χ0v) is 14.7. The lowest BCUT2D eigenvalue weighted by molar-refractivity contribution is -0.123. The zero-order chi connectivity index (χ0) is 17.7. The van der Waals surface area contributed by atoms with Crippen LogP contribution in [0.25, 0.3) is 0 Å². The van der Waals surface area contributed by atoms with Gasteiger partial charge in [-0.05, 0) is 24.7 Å². The second-order valence-corrected chi connectivity index (χ2v) is 7.15. The van der Waals surface area contributed by atoms with Crippen molar-refractivity contribution in [3.05, 3.63) is 18.0 Å². The summed E-state index contributed by atoms with van der Waals surface area (Å²) < 4.78 is 1.67. The number of nitrogens with one attached hydrogen (secondary N) is 1. The van der Waals surface area contributed by atoms with Gasteiger partial charge in [0.2, 0.25) is 5.91 Å². The van der Waals surface area contributed by atoms with Crippen LogP contribution in [0, 0.1) is 29.1 Å². The van der Waals surface area contributed by atoms with E-state index in [0.29, 0.717) is 23.9 Å². The van der Waals surface area contributed by atoms with E-state index in [0.717, 1.165) is 19.3 Å². The van der Waals surface area contributed by atoms with Crippen molar-refractivity contribution < 1.29 is 9.59 Å². The summed E-state index contributed by atoms with van der Waals surface area (Å²) in [6.45, 7) is 6.90. The Morgan fingerprint density at radius 3 is 2.75 bits per heavy atom. The van der Waals surface area contributed by atoms with Gasteiger partial charge >= 0.3 is 0 Å². The Bertz CT molecular complexity index is 629. The largest absolute Gasteiger partial charge is 0.352 e. The number of nitrogens with zero attached hydrogens (tertiary/aromatic N) is 3. The Labute approximate surface area is 143 Å². The molecule has 0 saturated heterocycles. The SMILES string of the molecule is CC(C)Cn1cc(C(=O)C(C#N)C(=O)NC2CCCCC2C)cn1. The van der Waals surface area contributed by atoms with Gasteiger partial charge in [0.1, 0.15) is 0 Å². The molecule has 1 heterocycles. The van der Waals surface area contributed by atoms with Gasteiger partial charge in [0.05, 0.1) is 17.8 Å². The molecule has 1 fully saturated rings. The van der Waals surface area contributed by atoms with Gasteiger partial charge in [-0.1, -0.05) is 33.6 Å². The van der Waals surface area contributed by atoms with Crippen LogP contribution in [0.2, 0.25) is 0 Å². The van der Waals surface area contributed by atoms with Crippen LogP contribution in [0.1, 0.15) is 56.8 Å². The number of carbonyl (C=O) groups is 2. The number of Topliss-reactive ketones (excluding diaryl/α,β-unsaturated/α-hetero) is 1. The molecule has 6 heteroatoms. The van der Waals surface area contributed by atoms with Crippen molar-refractivity contribution in [3.8, 4) is 6.07 Å². The molecular weight excluding hydrogens is 304 g/mol. The summed E-state index contributed by atoms with van der Waals surface area (Å²) in [6.07, 6.45) is 7.27. The standard InChI is InChI=1S/C18H26N4O2/c1-12(2)10-22-11-14(9-20-22)17(23)15(8-19)18(24)21-16-7-5-4-6-13(16)3/h9,11-13,15-16H,4-7,10H2,1-3H3,(H,21,24). The van der Waals surface area contributed by atoms with Crippen LogP contribution in [-0.4, -0.2) is 27.5 Å². The Morgan fingerprint density at radius 2 is 2.12 bits per heavy atom. The third-order valence-corrected chi connectivity index (χ3v) is 4.56. The quantitative estimate of drug-likeness (QED) is 0.641. The smallest absolute Gasteiger partial charge is 0.245 e. The molecular formula is C18H26N4O2. The molecule has 1 amide bonds. The molecule has 6 nitrogen and oxygen atoms in total. The van der Waals surface area contributed by atoms with Crippen molar-refractivity contribution in [2.24, 2.45) is 17.8 Å². The number of aromatic nitrogens is 2. The van der Waals surface area contributed by atoms with Crippen LogP contribution in [-0.2, 0) is 11.3 Å². The van der Waals surface area contributed by atoms with Gasteiger partial charge in [0.15, 0.2) is 11.7 Å². The molecule has 1 aliphatic rings. The highest BCUT2D eigenvalue weighted by atomic mass is 16.2. The third-order valence-electron chi connectivity index (χ3n) is 4.56. The first-order valence-corrected chi connectivity index (χ1v) is 8.69. The summed E-state index contributed by atoms with van der Waals surface area (Å²) >= 11 is 0. The predicted molar refractivity (Wildman–Crippen MR) is 90.1 cm³/mol. The molecule has 1 aliphatic carbocycles. The molecule has 3 unspecified atom stereocenters. The predicted octanol–water partition coefficient (Wildman–Crippen LogP) is 2.56. The van der Waals surface area contributed by atoms with Gasteiger partial charge in [-0.2, -0.15) is 10.4 Å². The maximum Gasteiger partial charge on any atom is 0.245 e. The lowest BCUT2D eigenvalue weighted by atomic mass is 9.85. The van der Waals surface area contributed by atoms with Crippen LogP contribution in [0.4, 0.5) is 0 Å². The number of hydrogen-bond donors (Lipinski definition) is 1. The van der Waals surface area contributed by atoms with Crippen LogP contribution in [0.15, 0.2) is 12.4 Å². The Morgan fingerprint density at radius 1 is 1.42 bits per heavy atom. The highest BCUT2D eigenvalue weighted by molar-refractivity contribution is 6.11. The molecule has 0 radical (unpaired) electrons.